The lowest BCUT2D eigenvalue weighted by atomic mass is 10.4. The summed E-state index contributed by atoms with van der Waals surface area (Å²) < 4.78 is 7.29. The third-order valence-electron chi connectivity index (χ3n) is 2.37. The van der Waals surface area contributed by atoms with Crippen LogP contribution >= 0.6 is 11.8 Å². The molecule has 2 heterocycles. The normalized spacial score (nSPS) is 21.4. The highest BCUT2D eigenvalue weighted by atomic mass is 32.2. The lowest BCUT2D eigenvalue weighted by Crippen LogP contribution is -2.09. The Kier molecular flexibility index (Phi) is 3.16. The van der Waals surface area contributed by atoms with Crippen LogP contribution in [0.4, 0.5) is 5.95 Å². The Hall–Kier alpha value is -0.750. The topological polar surface area (TPSA) is 66.0 Å². The second-order valence-electron chi connectivity index (χ2n) is 3.91. The Bertz CT molecular complexity index is 333. The van der Waals surface area contributed by atoms with Gasteiger partial charge in [0.15, 0.2) is 5.16 Å². The van der Waals surface area contributed by atoms with Crippen molar-refractivity contribution < 1.29 is 4.74 Å². The zero-order chi connectivity index (χ0) is 10.8. The van der Waals surface area contributed by atoms with Crippen molar-refractivity contribution in [3.8, 4) is 0 Å². The van der Waals surface area contributed by atoms with Gasteiger partial charge < -0.3 is 10.5 Å². The Morgan fingerprint density at radius 3 is 2.93 bits per heavy atom. The first-order chi connectivity index (χ1) is 7.18. The summed E-state index contributed by atoms with van der Waals surface area (Å²) in [5, 5.41) is 9.40. The summed E-state index contributed by atoms with van der Waals surface area (Å²) >= 11 is 1.71. The van der Waals surface area contributed by atoms with Gasteiger partial charge in [0, 0.05) is 17.9 Å². The van der Waals surface area contributed by atoms with Crippen LogP contribution in [0.5, 0.6) is 0 Å². The highest BCUT2D eigenvalue weighted by Gasteiger charge is 2.21. The van der Waals surface area contributed by atoms with E-state index in [0.717, 1.165) is 24.8 Å². The minimum absolute atomic E-state index is 0.296. The minimum atomic E-state index is 0.296. The predicted molar refractivity (Wildman–Crippen MR) is 59.9 cm³/mol. The van der Waals surface area contributed by atoms with Gasteiger partial charge in [-0.3, -0.25) is 4.57 Å². The highest BCUT2D eigenvalue weighted by molar-refractivity contribution is 7.99. The van der Waals surface area contributed by atoms with Crippen molar-refractivity contribution in [2.45, 2.75) is 36.7 Å². The fourth-order valence-electron chi connectivity index (χ4n) is 1.61. The number of rotatable bonds is 3. The highest BCUT2D eigenvalue weighted by Crippen LogP contribution is 2.29. The molecule has 2 N–H and O–H groups in total. The second-order valence-corrected chi connectivity index (χ2v) is 5.18. The van der Waals surface area contributed by atoms with E-state index in [-0.39, 0.29) is 0 Å². The lowest BCUT2D eigenvalue weighted by molar-refractivity contribution is 0.199. The maximum Gasteiger partial charge on any atom is 0.222 e. The summed E-state index contributed by atoms with van der Waals surface area (Å²) in [6, 6.07) is 0.296. The quantitative estimate of drug-likeness (QED) is 0.845. The number of hydrogen-bond acceptors (Lipinski definition) is 5. The molecule has 2 rings (SSSR count). The third kappa shape index (κ3) is 2.26. The molecule has 1 atom stereocenters. The molecule has 0 saturated carbocycles. The van der Waals surface area contributed by atoms with Crippen LogP contribution in [0.15, 0.2) is 5.16 Å². The number of nitrogen functional groups attached to an aromatic ring is 1. The summed E-state index contributed by atoms with van der Waals surface area (Å²) in [7, 11) is 0. The number of ether oxygens (including phenoxy) is 1. The van der Waals surface area contributed by atoms with Crippen LogP contribution in [-0.4, -0.2) is 33.2 Å². The third-order valence-corrected chi connectivity index (χ3v) is 3.56. The lowest BCUT2D eigenvalue weighted by Gasteiger charge is -2.12. The zero-order valence-electron chi connectivity index (χ0n) is 9.01. The molecule has 6 heteroatoms. The summed E-state index contributed by atoms with van der Waals surface area (Å²) in [5.41, 5.74) is 5.76. The Balaban J connectivity index is 2.13. The van der Waals surface area contributed by atoms with E-state index >= 15 is 0 Å². The van der Waals surface area contributed by atoms with Gasteiger partial charge in [0.1, 0.15) is 0 Å². The molecule has 1 aromatic heterocycles. The minimum Gasteiger partial charge on any atom is -0.380 e. The van der Waals surface area contributed by atoms with Crippen LogP contribution in [0, 0.1) is 0 Å². The molecule has 1 aliphatic heterocycles. The molecule has 1 unspecified atom stereocenters. The van der Waals surface area contributed by atoms with Crippen molar-refractivity contribution in [3.05, 3.63) is 0 Å². The number of anilines is 1. The molecule has 0 radical (unpaired) electrons. The first-order valence-electron chi connectivity index (χ1n) is 5.13. The summed E-state index contributed by atoms with van der Waals surface area (Å²) in [4.78, 5) is 0. The summed E-state index contributed by atoms with van der Waals surface area (Å²) in [6.07, 6.45) is 1.08. The number of aromatic nitrogens is 3. The maximum atomic E-state index is 5.76. The molecule has 15 heavy (non-hydrogen) atoms. The van der Waals surface area contributed by atoms with Gasteiger partial charge in [0.2, 0.25) is 5.95 Å². The maximum absolute atomic E-state index is 5.76. The Morgan fingerprint density at radius 2 is 2.33 bits per heavy atom. The molecule has 1 aliphatic rings. The first-order valence-corrected chi connectivity index (χ1v) is 6.01. The molecule has 5 nitrogen and oxygen atoms in total. The molecule has 0 bridgehead atoms. The van der Waals surface area contributed by atoms with Crippen LogP contribution < -0.4 is 5.73 Å². The fraction of sp³-hybridized carbons (Fsp3) is 0.778. The SMILES string of the molecule is CC(C)n1c(N)nnc1SC1CCOC1. The molecule has 1 aromatic rings. The molecule has 0 amide bonds. The van der Waals surface area contributed by atoms with Gasteiger partial charge in [-0.1, -0.05) is 11.8 Å². The average molecular weight is 228 g/mol. The van der Waals surface area contributed by atoms with Gasteiger partial charge in [-0.05, 0) is 20.3 Å². The monoisotopic (exact) mass is 228 g/mol. The Morgan fingerprint density at radius 1 is 1.53 bits per heavy atom. The number of thioether (sulfide) groups is 1. The van der Waals surface area contributed by atoms with E-state index in [1.54, 1.807) is 11.8 Å². The van der Waals surface area contributed by atoms with E-state index < -0.39 is 0 Å². The first kappa shape index (κ1) is 10.8. The molecule has 0 spiro atoms. The van der Waals surface area contributed by atoms with Crippen molar-refractivity contribution in [2.75, 3.05) is 18.9 Å². The summed E-state index contributed by atoms with van der Waals surface area (Å²) in [6.45, 7) is 5.81. The molecule has 1 fully saturated rings. The Labute approximate surface area is 93.4 Å². The van der Waals surface area contributed by atoms with Crippen molar-refractivity contribution in [3.63, 3.8) is 0 Å². The smallest absolute Gasteiger partial charge is 0.222 e. The van der Waals surface area contributed by atoms with E-state index in [1.165, 1.54) is 0 Å². The van der Waals surface area contributed by atoms with Gasteiger partial charge in [0.25, 0.3) is 0 Å². The van der Waals surface area contributed by atoms with Crippen LogP contribution in [0.1, 0.15) is 26.3 Å². The number of nitrogens with zero attached hydrogens (tertiary/aromatic N) is 3. The molecular formula is C9H16N4OS. The van der Waals surface area contributed by atoms with Gasteiger partial charge >= 0.3 is 0 Å². The molecule has 84 valence electrons. The van der Waals surface area contributed by atoms with Crippen molar-refractivity contribution >= 4 is 17.7 Å². The van der Waals surface area contributed by atoms with Crippen molar-refractivity contribution in [1.29, 1.82) is 0 Å². The fourth-order valence-corrected chi connectivity index (χ4v) is 2.79. The van der Waals surface area contributed by atoms with Crippen molar-refractivity contribution in [1.82, 2.24) is 14.8 Å². The molecular weight excluding hydrogens is 212 g/mol. The number of hydrogen-bond donors (Lipinski definition) is 1. The van der Waals surface area contributed by atoms with E-state index in [4.69, 9.17) is 10.5 Å². The van der Waals surface area contributed by atoms with Crippen LogP contribution in [-0.2, 0) is 4.74 Å². The van der Waals surface area contributed by atoms with Crippen LogP contribution in [0.2, 0.25) is 0 Å². The van der Waals surface area contributed by atoms with Gasteiger partial charge in [-0.15, -0.1) is 10.2 Å². The van der Waals surface area contributed by atoms with Crippen molar-refractivity contribution in [2.24, 2.45) is 0 Å². The van der Waals surface area contributed by atoms with Gasteiger partial charge in [-0.2, -0.15) is 0 Å². The number of nitrogens with two attached hydrogens (primary N) is 1. The zero-order valence-corrected chi connectivity index (χ0v) is 9.83. The van der Waals surface area contributed by atoms with E-state index in [1.807, 2.05) is 4.57 Å². The second kappa shape index (κ2) is 4.40. The van der Waals surface area contributed by atoms with Gasteiger partial charge in [0.05, 0.1) is 6.61 Å². The van der Waals surface area contributed by atoms with E-state index in [0.29, 0.717) is 17.2 Å². The van der Waals surface area contributed by atoms with Crippen LogP contribution in [0.3, 0.4) is 0 Å². The predicted octanol–water partition coefficient (Wildman–Crippen LogP) is 1.32. The molecule has 0 aliphatic carbocycles. The standard InChI is InChI=1S/C9H16N4OS/c1-6(2)13-8(10)11-12-9(13)15-7-3-4-14-5-7/h6-7H,3-5H2,1-2H3,(H2,10,11). The van der Waals surface area contributed by atoms with E-state index in [2.05, 4.69) is 24.0 Å². The van der Waals surface area contributed by atoms with E-state index in [9.17, 15) is 0 Å². The summed E-state index contributed by atoms with van der Waals surface area (Å²) in [5.74, 6) is 0.492. The largest absolute Gasteiger partial charge is 0.380 e. The van der Waals surface area contributed by atoms with Crippen LogP contribution in [0.25, 0.3) is 0 Å². The molecule has 1 saturated heterocycles. The van der Waals surface area contributed by atoms with Gasteiger partial charge in [-0.25, -0.2) is 0 Å². The average Bonchev–Trinajstić information content (AvgIpc) is 2.76. The molecule has 0 aromatic carbocycles.